The molecule has 0 saturated heterocycles. The lowest BCUT2D eigenvalue weighted by Crippen LogP contribution is -2.12. The maximum Gasteiger partial charge on any atom is 0.311 e. The van der Waals surface area contributed by atoms with Crippen LogP contribution >= 0.6 is 23.2 Å². The average molecular weight is 350 g/mol. The van der Waals surface area contributed by atoms with Gasteiger partial charge in [0.2, 0.25) is 0 Å². The summed E-state index contributed by atoms with van der Waals surface area (Å²) in [5, 5.41) is 10.6. The zero-order valence-electron chi connectivity index (χ0n) is 11.4. The topological polar surface area (TPSA) is 95.7 Å². The molecule has 0 spiro atoms. The van der Waals surface area contributed by atoms with Crippen molar-refractivity contribution in [2.75, 3.05) is 6.61 Å². The number of hydrogen-bond donors (Lipinski definition) is 0. The van der Waals surface area contributed by atoms with Crippen molar-refractivity contribution in [2.45, 2.75) is 24.1 Å². The molecule has 0 bridgehead atoms. The number of benzene rings is 1. The normalized spacial score (nSPS) is 10.3. The zero-order chi connectivity index (χ0) is 16.5. The number of esters is 2. The van der Waals surface area contributed by atoms with E-state index in [4.69, 9.17) is 32.7 Å². The first-order valence-electron chi connectivity index (χ1n) is 6.27. The van der Waals surface area contributed by atoms with E-state index in [-0.39, 0.29) is 37.3 Å². The second kappa shape index (κ2) is 9.22. The van der Waals surface area contributed by atoms with Crippen molar-refractivity contribution in [1.82, 2.24) is 0 Å². The van der Waals surface area contributed by atoms with Crippen LogP contribution in [0.1, 0.15) is 19.3 Å². The molecule has 0 aliphatic carbocycles. The van der Waals surface area contributed by atoms with Gasteiger partial charge in [-0.1, -0.05) is 6.07 Å². The van der Waals surface area contributed by atoms with Crippen LogP contribution < -0.4 is 4.74 Å². The van der Waals surface area contributed by atoms with Crippen LogP contribution in [0, 0.1) is 10.1 Å². The molecular weight excluding hydrogens is 337 g/mol. The Balaban J connectivity index is 2.33. The Hall–Kier alpha value is -1.86. The number of alkyl halides is 2. The summed E-state index contributed by atoms with van der Waals surface area (Å²) in [4.78, 5) is 32.0. The van der Waals surface area contributed by atoms with Crippen LogP contribution in [0.3, 0.4) is 0 Å². The molecule has 0 unspecified atom stereocenters. The van der Waals surface area contributed by atoms with Crippen LogP contribution in [0.5, 0.6) is 5.75 Å². The van der Waals surface area contributed by atoms with E-state index >= 15 is 0 Å². The summed E-state index contributed by atoms with van der Waals surface area (Å²) in [6, 6.07) is 5.27. The molecule has 7 nitrogen and oxygen atoms in total. The molecule has 0 amide bonds. The molecule has 1 aromatic rings. The Labute approximate surface area is 136 Å². The van der Waals surface area contributed by atoms with Crippen molar-refractivity contribution in [3.63, 3.8) is 0 Å². The van der Waals surface area contributed by atoms with Crippen LogP contribution in [0.2, 0.25) is 0 Å². The van der Waals surface area contributed by atoms with E-state index in [0.717, 1.165) is 6.07 Å². The lowest BCUT2D eigenvalue weighted by molar-refractivity contribution is -0.384. The molecule has 120 valence electrons. The fourth-order valence-corrected chi connectivity index (χ4v) is 1.57. The van der Waals surface area contributed by atoms with Gasteiger partial charge in [-0.25, -0.2) is 0 Å². The number of carbonyl (C=O) groups is 2. The van der Waals surface area contributed by atoms with Crippen molar-refractivity contribution >= 4 is 40.8 Å². The SMILES string of the molecule is O=C(CCCC(=O)Oc1cccc([N+](=O)[O-])c1)OCC(Cl)Cl. The Kier molecular flexibility index (Phi) is 7.62. The van der Waals surface area contributed by atoms with Gasteiger partial charge in [-0.05, 0) is 12.5 Å². The van der Waals surface area contributed by atoms with E-state index in [1.54, 1.807) is 0 Å². The van der Waals surface area contributed by atoms with E-state index in [1.165, 1.54) is 18.2 Å². The molecule has 0 radical (unpaired) electrons. The fourth-order valence-electron chi connectivity index (χ4n) is 1.45. The summed E-state index contributed by atoms with van der Waals surface area (Å²) in [6.45, 7) is -0.111. The third-order valence-corrected chi connectivity index (χ3v) is 2.64. The number of halogens is 2. The minimum absolute atomic E-state index is 0.0184. The molecule has 0 atom stereocenters. The maximum atomic E-state index is 11.6. The molecule has 0 fully saturated rings. The van der Waals surface area contributed by atoms with Crippen molar-refractivity contribution in [3.8, 4) is 5.75 Å². The number of nitrogens with zero attached hydrogens (tertiary/aromatic N) is 1. The van der Waals surface area contributed by atoms with E-state index in [0.29, 0.717) is 0 Å². The summed E-state index contributed by atoms with van der Waals surface area (Å²) in [5.41, 5.74) is -0.175. The summed E-state index contributed by atoms with van der Waals surface area (Å²) in [7, 11) is 0. The number of nitro benzene ring substituents is 1. The summed E-state index contributed by atoms with van der Waals surface area (Å²) in [5.74, 6) is -1.04. The smallest absolute Gasteiger partial charge is 0.311 e. The Morgan fingerprint density at radius 1 is 1.23 bits per heavy atom. The van der Waals surface area contributed by atoms with Gasteiger partial charge in [0.1, 0.15) is 17.2 Å². The summed E-state index contributed by atoms with van der Waals surface area (Å²) < 4.78 is 9.66. The lowest BCUT2D eigenvalue weighted by Gasteiger charge is -2.05. The van der Waals surface area contributed by atoms with Crippen LogP contribution in [-0.2, 0) is 14.3 Å². The third-order valence-electron chi connectivity index (χ3n) is 2.39. The quantitative estimate of drug-likeness (QED) is 0.235. The minimum Gasteiger partial charge on any atom is -0.463 e. The number of hydrogen-bond acceptors (Lipinski definition) is 6. The average Bonchev–Trinajstić information content (AvgIpc) is 2.45. The van der Waals surface area contributed by atoms with Crippen LogP contribution in [-0.4, -0.2) is 28.3 Å². The van der Waals surface area contributed by atoms with Gasteiger partial charge in [-0.3, -0.25) is 19.7 Å². The highest BCUT2D eigenvalue weighted by atomic mass is 35.5. The van der Waals surface area contributed by atoms with E-state index in [2.05, 4.69) is 0 Å². The van der Waals surface area contributed by atoms with Gasteiger partial charge in [0.05, 0.1) is 11.0 Å². The molecule has 9 heteroatoms. The van der Waals surface area contributed by atoms with Gasteiger partial charge in [-0.2, -0.15) is 0 Å². The Morgan fingerprint density at radius 3 is 2.55 bits per heavy atom. The van der Waals surface area contributed by atoms with Crippen molar-refractivity contribution in [1.29, 1.82) is 0 Å². The van der Waals surface area contributed by atoms with Crippen molar-refractivity contribution in [2.24, 2.45) is 0 Å². The molecule has 0 saturated carbocycles. The number of nitro groups is 1. The second-order valence-electron chi connectivity index (χ2n) is 4.16. The first kappa shape index (κ1) is 18.2. The molecule has 22 heavy (non-hydrogen) atoms. The van der Waals surface area contributed by atoms with Crippen molar-refractivity contribution < 1.29 is 24.0 Å². The highest BCUT2D eigenvalue weighted by Gasteiger charge is 2.12. The summed E-state index contributed by atoms with van der Waals surface area (Å²) >= 11 is 10.8. The first-order valence-corrected chi connectivity index (χ1v) is 7.14. The van der Waals surface area contributed by atoms with Gasteiger partial charge in [0.15, 0.2) is 0 Å². The largest absolute Gasteiger partial charge is 0.463 e. The molecule has 1 rings (SSSR count). The van der Waals surface area contributed by atoms with E-state index in [1.807, 2.05) is 0 Å². The van der Waals surface area contributed by atoms with Crippen LogP contribution in [0.25, 0.3) is 0 Å². The van der Waals surface area contributed by atoms with E-state index < -0.39 is 21.7 Å². The standard InChI is InChI=1S/C13H13Cl2NO6/c14-11(15)8-21-12(17)5-2-6-13(18)22-10-4-1-3-9(7-10)16(19)20/h1,3-4,7,11H,2,5-6,8H2. The van der Waals surface area contributed by atoms with Gasteiger partial charge >= 0.3 is 11.9 Å². The minimum atomic E-state index is -0.789. The van der Waals surface area contributed by atoms with Crippen LogP contribution in [0.15, 0.2) is 24.3 Å². The number of ether oxygens (including phenoxy) is 2. The van der Waals surface area contributed by atoms with E-state index in [9.17, 15) is 19.7 Å². The molecule has 1 aromatic carbocycles. The molecule has 0 aliphatic rings. The predicted molar refractivity (Wildman–Crippen MR) is 79.0 cm³/mol. The molecule has 0 heterocycles. The number of carbonyl (C=O) groups excluding carboxylic acids is 2. The number of non-ortho nitro benzene ring substituents is 1. The highest BCUT2D eigenvalue weighted by Crippen LogP contribution is 2.19. The van der Waals surface area contributed by atoms with Gasteiger partial charge in [0.25, 0.3) is 5.69 Å². The Morgan fingerprint density at radius 2 is 1.91 bits per heavy atom. The predicted octanol–water partition coefficient (Wildman–Crippen LogP) is 3.02. The zero-order valence-corrected chi connectivity index (χ0v) is 12.9. The molecule has 0 aromatic heterocycles. The van der Waals surface area contributed by atoms with Crippen molar-refractivity contribution in [3.05, 3.63) is 34.4 Å². The lowest BCUT2D eigenvalue weighted by atomic mass is 10.2. The fraction of sp³-hybridized carbons (Fsp3) is 0.385. The number of rotatable bonds is 8. The third kappa shape index (κ3) is 7.24. The van der Waals surface area contributed by atoms with Gasteiger partial charge in [0, 0.05) is 18.9 Å². The van der Waals surface area contributed by atoms with Crippen LogP contribution in [0.4, 0.5) is 5.69 Å². The Bertz CT molecular complexity index is 549. The molecule has 0 aliphatic heterocycles. The summed E-state index contributed by atoms with van der Waals surface area (Å²) in [6.07, 6.45) is 0.218. The maximum absolute atomic E-state index is 11.6. The highest BCUT2D eigenvalue weighted by molar-refractivity contribution is 6.44. The molecule has 0 N–H and O–H groups in total. The van der Waals surface area contributed by atoms with Gasteiger partial charge in [-0.15, -0.1) is 23.2 Å². The molecular formula is C13H13Cl2NO6. The monoisotopic (exact) mass is 349 g/mol. The van der Waals surface area contributed by atoms with Gasteiger partial charge < -0.3 is 9.47 Å². The second-order valence-corrected chi connectivity index (χ2v) is 5.43. The first-order chi connectivity index (χ1) is 10.4.